The molecule has 20 heavy (non-hydrogen) atoms. The quantitative estimate of drug-likeness (QED) is 0.598. The number of hydrogen-bond donors (Lipinski definition) is 0. The van der Waals surface area contributed by atoms with Crippen LogP contribution in [0.25, 0.3) is 0 Å². The normalized spacial score (nSPS) is 22.8. The fourth-order valence-electron chi connectivity index (χ4n) is 2.04. The van der Waals surface area contributed by atoms with Gasteiger partial charge in [-0.3, -0.25) is 0 Å². The van der Waals surface area contributed by atoms with Crippen LogP contribution in [0.1, 0.15) is 13.3 Å². The maximum atomic E-state index is 14.1. The van der Waals surface area contributed by atoms with Gasteiger partial charge in [-0.25, -0.2) is 0 Å². The van der Waals surface area contributed by atoms with Crippen molar-refractivity contribution < 1.29 is 23.0 Å². The van der Waals surface area contributed by atoms with Crippen LogP contribution in [0.2, 0.25) is 0 Å². The van der Waals surface area contributed by atoms with E-state index in [1.54, 1.807) is 0 Å². The number of esters is 1. The minimum absolute atomic E-state index is 0.0451. The van der Waals surface area contributed by atoms with Crippen molar-refractivity contribution in [1.82, 2.24) is 0 Å². The van der Waals surface area contributed by atoms with Gasteiger partial charge in [0.2, 0.25) is 0 Å². The number of hydrogen-bond acceptors (Lipinski definition) is 3. The molecule has 6 heteroatoms. The second kappa shape index (κ2) is 6.66. The molecule has 1 aromatic carbocycles. The molecule has 1 heterocycles. The second-order valence-corrected chi connectivity index (χ2v) is 6.87. The molecule has 0 bridgehead atoms. The molecule has 0 N–H and O–H groups in total. The van der Waals surface area contributed by atoms with Crippen molar-refractivity contribution in [1.29, 1.82) is 0 Å². The third kappa shape index (κ3) is 3.37. The van der Waals surface area contributed by atoms with E-state index in [1.165, 1.54) is 6.92 Å². The molecule has 0 amide bonds. The fraction of sp³-hybridized carbons (Fsp3) is 0.500. The van der Waals surface area contributed by atoms with Crippen LogP contribution in [-0.2, 0) is 14.3 Å². The standard InChI is InChI=1S/C14H16F2O3Se/c1-2-18-13(17)14(15,16)11-8-9-19-12(11)20-10-6-4-3-5-7-10/h3-7,11-12H,2,8-9H2,1H3. The van der Waals surface area contributed by atoms with Gasteiger partial charge in [-0.15, -0.1) is 0 Å². The van der Waals surface area contributed by atoms with E-state index < -0.39 is 22.8 Å². The Bertz CT molecular complexity index is 453. The molecule has 2 rings (SSSR count). The molecule has 3 nitrogen and oxygen atoms in total. The Kier molecular flexibility index (Phi) is 5.13. The summed E-state index contributed by atoms with van der Waals surface area (Å²) in [5.41, 5.74) is 0. The fourth-order valence-corrected chi connectivity index (χ4v) is 4.60. The van der Waals surface area contributed by atoms with Crippen LogP contribution in [0.5, 0.6) is 0 Å². The Hall–Kier alpha value is -0.971. The molecular formula is C14H16F2O3Se. The summed E-state index contributed by atoms with van der Waals surface area (Å²) in [4.78, 5) is 11.4. The molecule has 0 radical (unpaired) electrons. The molecule has 1 aromatic rings. The molecule has 0 saturated carbocycles. The monoisotopic (exact) mass is 350 g/mol. The molecule has 0 aliphatic carbocycles. The summed E-state index contributed by atoms with van der Waals surface area (Å²) < 4.78 is 39.1. The molecule has 110 valence electrons. The van der Waals surface area contributed by atoms with Crippen LogP contribution < -0.4 is 4.46 Å². The minimum atomic E-state index is -3.48. The first-order chi connectivity index (χ1) is 9.55. The van der Waals surface area contributed by atoms with E-state index in [9.17, 15) is 13.6 Å². The molecule has 1 aliphatic heterocycles. The van der Waals surface area contributed by atoms with Gasteiger partial charge in [-0.2, -0.15) is 0 Å². The zero-order chi connectivity index (χ0) is 14.6. The zero-order valence-electron chi connectivity index (χ0n) is 11.1. The zero-order valence-corrected chi connectivity index (χ0v) is 12.8. The summed E-state index contributed by atoms with van der Waals surface area (Å²) in [5, 5.41) is -0.593. The van der Waals surface area contributed by atoms with Gasteiger partial charge in [0.1, 0.15) is 0 Å². The summed E-state index contributed by atoms with van der Waals surface area (Å²) >= 11 is -0.252. The van der Waals surface area contributed by atoms with Gasteiger partial charge in [0.05, 0.1) is 0 Å². The molecule has 2 atom stereocenters. The van der Waals surface area contributed by atoms with E-state index in [0.29, 0.717) is 0 Å². The summed E-state index contributed by atoms with van der Waals surface area (Å²) in [6, 6.07) is 9.39. The average Bonchev–Trinajstić information content (AvgIpc) is 2.89. The summed E-state index contributed by atoms with van der Waals surface area (Å²) in [7, 11) is 0. The maximum absolute atomic E-state index is 14.1. The third-order valence-corrected chi connectivity index (χ3v) is 5.65. The van der Waals surface area contributed by atoms with Crippen molar-refractivity contribution in [3.05, 3.63) is 30.3 Å². The van der Waals surface area contributed by atoms with Crippen LogP contribution in [-0.4, -0.2) is 45.1 Å². The van der Waals surface area contributed by atoms with Gasteiger partial charge < -0.3 is 0 Å². The van der Waals surface area contributed by atoms with E-state index >= 15 is 0 Å². The predicted octanol–water partition coefficient (Wildman–Crippen LogP) is 1.58. The van der Waals surface area contributed by atoms with Crippen LogP contribution in [0.3, 0.4) is 0 Å². The van der Waals surface area contributed by atoms with E-state index in [1.807, 2.05) is 30.3 Å². The van der Waals surface area contributed by atoms with Gasteiger partial charge in [-0.05, 0) is 0 Å². The molecule has 2 unspecified atom stereocenters. The Morgan fingerprint density at radius 1 is 1.45 bits per heavy atom. The first-order valence-corrected chi connectivity index (χ1v) is 8.28. The topological polar surface area (TPSA) is 35.5 Å². The van der Waals surface area contributed by atoms with Crippen molar-refractivity contribution >= 4 is 25.4 Å². The van der Waals surface area contributed by atoms with Gasteiger partial charge in [0, 0.05) is 0 Å². The number of benzene rings is 1. The first kappa shape index (κ1) is 15.4. The molecular weight excluding hydrogens is 333 g/mol. The summed E-state index contributed by atoms with van der Waals surface area (Å²) in [5.74, 6) is -6.01. The summed E-state index contributed by atoms with van der Waals surface area (Å²) in [6.45, 7) is 1.74. The Morgan fingerprint density at radius 2 is 2.15 bits per heavy atom. The Labute approximate surface area is 122 Å². The van der Waals surface area contributed by atoms with Crippen LogP contribution in [0, 0.1) is 5.92 Å². The average molecular weight is 349 g/mol. The van der Waals surface area contributed by atoms with Crippen LogP contribution in [0.4, 0.5) is 8.78 Å². The molecule has 1 fully saturated rings. The molecule has 0 aromatic heterocycles. The van der Waals surface area contributed by atoms with E-state index in [-0.39, 0.29) is 34.6 Å². The summed E-state index contributed by atoms with van der Waals surface area (Å²) in [6.07, 6.45) is 0.186. The molecule has 0 spiro atoms. The SMILES string of the molecule is CCOC(=O)C(F)(F)C1CCOC1[Se]c1ccccc1. The van der Waals surface area contributed by atoms with Gasteiger partial charge in [0.15, 0.2) is 0 Å². The Balaban J connectivity index is 2.08. The van der Waals surface area contributed by atoms with E-state index in [4.69, 9.17) is 4.74 Å². The predicted molar refractivity (Wildman–Crippen MR) is 71.3 cm³/mol. The van der Waals surface area contributed by atoms with Crippen molar-refractivity contribution in [3.8, 4) is 0 Å². The van der Waals surface area contributed by atoms with Crippen molar-refractivity contribution in [2.24, 2.45) is 5.92 Å². The van der Waals surface area contributed by atoms with Crippen molar-refractivity contribution in [2.75, 3.05) is 13.2 Å². The van der Waals surface area contributed by atoms with E-state index in [2.05, 4.69) is 4.74 Å². The first-order valence-electron chi connectivity index (χ1n) is 6.44. The van der Waals surface area contributed by atoms with Gasteiger partial charge in [0.25, 0.3) is 0 Å². The number of rotatable bonds is 5. The number of alkyl halides is 2. The number of carbonyl (C=O) groups is 1. The van der Waals surface area contributed by atoms with Gasteiger partial charge >= 0.3 is 122 Å². The molecule has 1 aliphatic rings. The number of halogens is 2. The second-order valence-electron chi connectivity index (χ2n) is 4.41. The number of carbonyl (C=O) groups excluding carboxylic acids is 1. The van der Waals surface area contributed by atoms with E-state index in [0.717, 1.165) is 4.46 Å². The molecule has 1 saturated heterocycles. The third-order valence-electron chi connectivity index (χ3n) is 3.05. The van der Waals surface area contributed by atoms with Gasteiger partial charge in [-0.1, -0.05) is 0 Å². The van der Waals surface area contributed by atoms with Crippen molar-refractivity contribution in [2.45, 2.75) is 24.3 Å². The van der Waals surface area contributed by atoms with Crippen molar-refractivity contribution in [3.63, 3.8) is 0 Å². The number of ether oxygens (including phenoxy) is 2. The van der Waals surface area contributed by atoms with Crippen LogP contribution in [0.15, 0.2) is 30.3 Å². The van der Waals surface area contributed by atoms with Crippen LogP contribution >= 0.6 is 0 Å². The Morgan fingerprint density at radius 3 is 2.80 bits per heavy atom.